The zero-order valence-corrected chi connectivity index (χ0v) is 12.5. The second-order valence-corrected chi connectivity index (χ2v) is 6.95. The van der Waals surface area contributed by atoms with Crippen LogP contribution in [0.5, 0.6) is 0 Å². The molecule has 114 valence electrons. The molecule has 0 radical (unpaired) electrons. The van der Waals surface area contributed by atoms with Gasteiger partial charge in [0.2, 0.25) is 15.9 Å². The van der Waals surface area contributed by atoms with Crippen molar-refractivity contribution in [1.82, 2.24) is 14.9 Å². The van der Waals surface area contributed by atoms with Crippen LogP contribution in [0.15, 0.2) is 4.52 Å². The molecular weight excluding hydrogens is 282 g/mol. The standard InChI is InChI=1S/C12H21N3O4S/c1-18-7-6-11-14-12(19-15-11)8-13-20(16,17)9-10-4-2-3-5-10/h10,13H,2-9H2,1H3. The molecule has 0 amide bonds. The van der Waals surface area contributed by atoms with Gasteiger partial charge in [0.25, 0.3) is 0 Å². The third-order valence-electron chi connectivity index (χ3n) is 3.41. The van der Waals surface area contributed by atoms with Gasteiger partial charge in [0, 0.05) is 13.5 Å². The summed E-state index contributed by atoms with van der Waals surface area (Å²) in [6, 6.07) is 0. The molecule has 1 heterocycles. The predicted octanol–water partition coefficient (Wildman–Crippen LogP) is 0.868. The van der Waals surface area contributed by atoms with Crippen molar-refractivity contribution in [3.63, 3.8) is 0 Å². The van der Waals surface area contributed by atoms with Gasteiger partial charge < -0.3 is 9.26 Å². The molecule has 0 saturated heterocycles. The number of methoxy groups -OCH3 is 1. The molecule has 0 aromatic carbocycles. The summed E-state index contributed by atoms with van der Waals surface area (Å²) in [7, 11) is -1.68. The molecule has 20 heavy (non-hydrogen) atoms. The second kappa shape index (κ2) is 7.14. The van der Waals surface area contributed by atoms with Crippen LogP contribution in [0.2, 0.25) is 0 Å². The van der Waals surface area contributed by atoms with E-state index in [4.69, 9.17) is 9.26 Å². The number of ether oxygens (including phenoxy) is 1. The van der Waals surface area contributed by atoms with E-state index in [2.05, 4.69) is 14.9 Å². The number of aromatic nitrogens is 2. The lowest BCUT2D eigenvalue weighted by Gasteiger charge is -2.09. The first kappa shape index (κ1) is 15.4. The Hall–Kier alpha value is -0.990. The van der Waals surface area contributed by atoms with Crippen LogP contribution >= 0.6 is 0 Å². The molecule has 0 aliphatic heterocycles. The van der Waals surface area contributed by atoms with E-state index in [-0.39, 0.29) is 24.1 Å². The molecule has 8 heteroatoms. The molecule has 2 rings (SSSR count). The van der Waals surface area contributed by atoms with Gasteiger partial charge in [0.05, 0.1) is 18.9 Å². The molecule has 1 aliphatic carbocycles. The van der Waals surface area contributed by atoms with Crippen LogP contribution in [-0.2, 0) is 27.7 Å². The highest BCUT2D eigenvalue weighted by Crippen LogP contribution is 2.25. The van der Waals surface area contributed by atoms with Crippen molar-refractivity contribution in [2.75, 3.05) is 19.5 Å². The van der Waals surface area contributed by atoms with Crippen molar-refractivity contribution < 1.29 is 17.7 Å². The Morgan fingerprint density at radius 3 is 2.85 bits per heavy atom. The summed E-state index contributed by atoms with van der Waals surface area (Å²) in [5, 5.41) is 3.76. The third-order valence-corrected chi connectivity index (χ3v) is 4.91. The Balaban J connectivity index is 1.79. The van der Waals surface area contributed by atoms with Crippen LogP contribution in [-0.4, -0.2) is 38.0 Å². The van der Waals surface area contributed by atoms with Crippen molar-refractivity contribution in [1.29, 1.82) is 0 Å². The fourth-order valence-electron chi connectivity index (χ4n) is 2.37. The summed E-state index contributed by atoms with van der Waals surface area (Å²) in [6.45, 7) is 0.557. The first-order valence-electron chi connectivity index (χ1n) is 6.87. The average Bonchev–Trinajstić information content (AvgIpc) is 3.05. The van der Waals surface area contributed by atoms with E-state index in [0.717, 1.165) is 25.7 Å². The zero-order chi connectivity index (χ0) is 14.4. The second-order valence-electron chi connectivity index (χ2n) is 5.10. The molecule has 0 spiro atoms. The highest BCUT2D eigenvalue weighted by Gasteiger charge is 2.22. The summed E-state index contributed by atoms with van der Waals surface area (Å²) in [5.74, 6) is 1.29. The SMILES string of the molecule is COCCc1noc(CNS(=O)(=O)CC2CCCC2)n1. The third kappa shape index (κ3) is 4.84. The molecule has 0 atom stereocenters. The topological polar surface area (TPSA) is 94.3 Å². The van der Waals surface area contributed by atoms with E-state index in [1.165, 1.54) is 0 Å². The van der Waals surface area contributed by atoms with Gasteiger partial charge in [-0.05, 0) is 18.8 Å². The minimum atomic E-state index is -3.27. The number of hydrogen-bond acceptors (Lipinski definition) is 6. The van der Waals surface area contributed by atoms with Gasteiger partial charge in [-0.25, -0.2) is 13.1 Å². The minimum Gasteiger partial charge on any atom is -0.384 e. The lowest BCUT2D eigenvalue weighted by Crippen LogP contribution is -2.29. The largest absolute Gasteiger partial charge is 0.384 e. The fourth-order valence-corrected chi connectivity index (χ4v) is 3.79. The lowest BCUT2D eigenvalue weighted by molar-refractivity contribution is 0.199. The summed E-state index contributed by atoms with van der Waals surface area (Å²) < 4.78 is 36.2. The molecule has 1 aliphatic rings. The van der Waals surface area contributed by atoms with Gasteiger partial charge in [0.1, 0.15) is 0 Å². The van der Waals surface area contributed by atoms with E-state index in [1.54, 1.807) is 7.11 Å². The predicted molar refractivity (Wildman–Crippen MR) is 72.5 cm³/mol. The maximum Gasteiger partial charge on any atom is 0.241 e. The summed E-state index contributed by atoms with van der Waals surface area (Å²) in [4.78, 5) is 4.10. The van der Waals surface area contributed by atoms with Crippen molar-refractivity contribution >= 4 is 10.0 Å². The van der Waals surface area contributed by atoms with Crippen molar-refractivity contribution in [3.8, 4) is 0 Å². The zero-order valence-electron chi connectivity index (χ0n) is 11.7. The Morgan fingerprint density at radius 2 is 2.15 bits per heavy atom. The lowest BCUT2D eigenvalue weighted by atomic mass is 10.1. The molecular formula is C12H21N3O4S. The van der Waals surface area contributed by atoms with Gasteiger partial charge in [-0.3, -0.25) is 0 Å². The minimum absolute atomic E-state index is 0.0506. The van der Waals surface area contributed by atoms with Gasteiger partial charge in [-0.1, -0.05) is 18.0 Å². The Bertz CT molecular complexity index is 509. The van der Waals surface area contributed by atoms with E-state index >= 15 is 0 Å². The van der Waals surface area contributed by atoms with E-state index in [1.807, 2.05) is 0 Å². The van der Waals surface area contributed by atoms with E-state index in [0.29, 0.717) is 18.9 Å². The number of nitrogens with one attached hydrogen (secondary N) is 1. The summed E-state index contributed by atoms with van der Waals surface area (Å²) in [6.07, 6.45) is 4.82. The molecule has 1 saturated carbocycles. The van der Waals surface area contributed by atoms with Gasteiger partial charge in [-0.15, -0.1) is 0 Å². The molecule has 1 aromatic rings. The first-order valence-corrected chi connectivity index (χ1v) is 8.52. The number of nitrogens with zero attached hydrogens (tertiary/aromatic N) is 2. The molecule has 0 bridgehead atoms. The Labute approximate surface area is 119 Å². The van der Waals surface area contributed by atoms with Crippen LogP contribution < -0.4 is 4.72 Å². The fraction of sp³-hybridized carbons (Fsp3) is 0.833. The Kier molecular flexibility index (Phi) is 5.50. The number of sulfonamides is 1. The van der Waals surface area contributed by atoms with Crippen molar-refractivity contribution in [2.24, 2.45) is 5.92 Å². The van der Waals surface area contributed by atoms with Crippen LogP contribution in [0, 0.1) is 5.92 Å². The normalized spacial score (nSPS) is 16.9. The number of rotatable bonds is 8. The maximum atomic E-state index is 11.9. The smallest absolute Gasteiger partial charge is 0.241 e. The first-order chi connectivity index (χ1) is 9.59. The molecule has 1 N–H and O–H groups in total. The van der Waals surface area contributed by atoms with E-state index < -0.39 is 10.0 Å². The van der Waals surface area contributed by atoms with Crippen molar-refractivity contribution in [3.05, 3.63) is 11.7 Å². The van der Waals surface area contributed by atoms with Crippen LogP contribution in [0.3, 0.4) is 0 Å². The van der Waals surface area contributed by atoms with Crippen molar-refractivity contribution in [2.45, 2.75) is 38.6 Å². The van der Waals surface area contributed by atoms with Crippen LogP contribution in [0.4, 0.5) is 0 Å². The van der Waals surface area contributed by atoms with Gasteiger partial charge in [0.15, 0.2) is 5.82 Å². The average molecular weight is 303 g/mol. The highest BCUT2D eigenvalue weighted by atomic mass is 32.2. The van der Waals surface area contributed by atoms with Gasteiger partial charge >= 0.3 is 0 Å². The van der Waals surface area contributed by atoms with Gasteiger partial charge in [-0.2, -0.15) is 4.98 Å². The number of hydrogen-bond donors (Lipinski definition) is 1. The Morgan fingerprint density at radius 1 is 1.40 bits per heavy atom. The molecule has 0 unspecified atom stereocenters. The highest BCUT2D eigenvalue weighted by molar-refractivity contribution is 7.89. The quantitative estimate of drug-likeness (QED) is 0.765. The maximum absolute atomic E-state index is 11.9. The van der Waals surface area contributed by atoms with E-state index in [9.17, 15) is 8.42 Å². The monoisotopic (exact) mass is 303 g/mol. The molecule has 1 aromatic heterocycles. The van der Waals surface area contributed by atoms with Crippen LogP contribution in [0.25, 0.3) is 0 Å². The molecule has 1 fully saturated rings. The van der Waals surface area contributed by atoms with Crippen LogP contribution in [0.1, 0.15) is 37.4 Å². The summed E-state index contributed by atoms with van der Waals surface area (Å²) >= 11 is 0. The molecule has 7 nitrogen and oxygen atoms in total. The summed E-state index contributed by atoms with van der Waals surface area (Å²) in [5.41, 5.74) is 0.